The summed E-state index contributed by atoms with van der Waals surface area (Å²) in [6.45, 7) is 7.99. The van der Waals surface area contributed by atoms with Crippen LogP contribution in [0.2, 0.25) is 5.02 Å². The molecule has 0 bridgehead atoms. The molecule has 1 aromatic carbocycles. The maximum atomic E-state index is 12.5. The fraction of sp³-hybridized carbons (Fsp3) is 0.562. The summed E-state index contributed by atoms with van der Waals surface area (Å²) in [6.07, 6.45) is 0.859. The van der Waals surface area contributed by atoms with Gasteiger partial charge in [0.15, 0.2) is 5.60 Å². The molecule has 1 aliphatic heterocycles. The number of rotatable bonds is 3. The Bertz CT molecular complexity index is 507. The summed E-state index contributed by atoms with van der Waals surface area (Å²) in [4.78, 5) is 12.5. The standard InChI is InChI=1S/C16H21ClO3/c1-5-9-16(11-7-6-8-12(17)10-11)13(18)19-14(20-16)15(2,3)4/h6-8,10,14H,5,9H2,1-4H3. The van der Waals surface area contributed by atoms with Gasteiger partial charge in [-0.25, -0.2) is 4.79 Å². The number of ether oxygens (including phenoxy) is 2. The van der Waals surface area contributed by atoms with Crippen molar-refractivity contribution in [1.29, 1.82) is 0 Å². The van der Waals surface area contributed by atoms with Crippen molar-refractivity contribution in [1.82, 2.24) is 0 Å². The lowest BCUT2D eigenvalue weighted by Gasteiger charge is -2.28. The van der Waals surface area contributed by atoms with Gasteiger partial charge < -0.3 is 9.47 Å². The molecule has 0 aromatic heterocycles. The molecule has 0 N–H and O–H groups in total. The first-order chi connectivity index (χ1) is 9.29. The Labute approximate surface area is 125 Å². The van der Waals surface area contributed by atoms with E-state index in [2.05, 4.69) is 0 Å². The van der Waals surface area contributed by atoms with E-state index in [0.29, 0.717) is 11.4 Å². The monoisotopic (exact) mass is 296 g/mol. The first-order valence-corrected chi connectivity index (χ1v) is 7.32. The fourth-order valence-corrected chi connectivity index (χ4v) is 2.57. The normalized spacial score (nSPS) is 26.6. The van der Waals surface area contributed by atoms with Gasteiger partial charge >= 0.3 is 5.97 Å². The Morgan fingerprint density at radius 3 is 2.55 bits per heavy atom. The van der Waals surface area contributed by atoms with Crippen molar-refractivity contribution >= 4 is 17.6 Å². The highest BCUT2D eigenvalue weighted by Crippen LogP contribution is 2.44. The number of hydrogen-bond donors (Lipinski definition) is 0. The van der Waals surface area contributed by atoms with E-state index in [1.807, 2.05) is 39.8 Å². The van der Waals surface area contributed by atoms with Crippen LogP contribution < -0.4 is 0 Å². The lowest BCUT2D eigenvalue weighted by molar-refractivity contribution is -0.156. The Morgan fingerprint density at radius 1 is 1.35 bits per heavy atom. The van der Waals surface area contributed by atoms with Crippen LogP contribution in [-0.4, -0.2) is 12.3 Å². The lowest BCUT2D eigenvalue weighted by atomic mass is 9.89. The van der Waals surface area contributed by atoms with Crippen LogP contribution >= 0.6 is 11.6 Å². The topological polar surface area (TPSA) is 35.5 Å². The molecule has 110 valence electrons. The number of benzene rings is 1. The molecule has 0 radical (unpaired) electrons. The fourth-order valence-electron chi connectivity index (χ4n) is 2.38. The number of carbonyl (C=O) groups excluding carboxylic acids is 1. The van der Waals surface area contributed by atoms with E-state index >= 15 is 0 Å². The minimum absolute atomic E-state index is 0.260. The van der Waals surface area contributed by atoms with Gasteiger partial charge in [0, 0.05) is 10.4 Å². The minimum Gasteiger partial charge on any atom is -0.433 e. The van der Waals surface area contributed by atoms with Gasteiger partial charge in [-0.05, 0) is 24.1 Å². The highest BCUT2D eigenvalue weighted by atomic mass is 35.5. The SMILES string of the molecule is CCCC1(c2cccc(Cl)c2)OC(C(C)(C)C)OC1=O. The van der Waals surface area contributed by atoms with Gasteiger partial charge in [0.2, 0.25) is 6.29 Å². The highest BCUT2D eigenvalue weighted by molar-refractivity contribution is 6.30. The van der Waals surface area contributed by atoms with E-state index in [1.54, 1.807) is 12.1 Å². The van der Waals surface area contributed by atoms with Crippen LogP contribution in [-0.2, 0) is 19.9 Å². The molecule has 0 saturated carbocycles. The number of cyclic esters (lactones) is 1. The molecule has 0 spiro atoms. The zero-order chi connectivity index (χ0) is 15.0. The molecule has 2 rings (SSSR count). The molecule has 1 aromatic rings. The van der Waals surface area contributed by atoms with E-state index in [9.17, 15) is 4.79 Å². The predicted octanol–water partition coefficient (Wildman–Crippen LogP) is 4.28. The van der Waals surface area contributed by atoms with Crippen LogP contribution in [0.1, 0.15) is 46.1 Å². The lowest BCUT2D eigenvalue weighted by Crippen LogP contribution is -2.35. The summed E-state index contributed by atoms with van der Waals surface area (Å²) < 4.78 is 11.6. The third-order valence-corrected chi connectivity index (χ3v) is 3.69. The summed E-state index contributed by atoms with van der Waals surface area (Å²) in [6, 6.07) is 7.26. The van der Waals surface area contributed by atoms with Crippen LogP contribution in [0, 0.1) is 5.41 Å². The summed E-state index contributed by atoms with van der Waals surface area (Å²) in [7, 11) is 0. The molecule has 1 saturated heterocycles. The van der Waals surface area contributed by atoms with E-state index in [-0.39, 0.29) is 11.4 Å². The van der Waals surface area contributed by atoms with Gasteiger partial charge in [0.25, 0.3) is 0 Å². The van der Waals surface area contributed by atoms with Gasteiger partial charge in [-0.3, -0.25) is 0 Å². The van der Waals surface area contributed by atoms with Crippen molar-refractivity contribution in [2.45, 2.75) is 52.4 Å². The van der Waals surface area contributed by atoms with E-state index < -0.39 is 11.9 Å². The number of carbonyl (C=O) groups is 1. The average molecular weight is 297 g/mol. The molecule has 4 heteroatoms. The van der Waals surface area contributed by atoms with E-state index in [0.717, 1.165) is 12.0 Å². The van der Waals surface area contributed by atoms with Crippen LogP contribution in [0.5, 0.6) is 0 Å². The predicted molar refractivity (Wildman–Crippen MR) is 78.5 cm³/mol. The molecule has 1 fully saturated rings. The Morgan fingerprint density at radius 2 is 2.05 bits per heavy atom. The van der Waals surface area contributed by atoms with Crippen molar-refractivity contribution in [3.8, 4) is 0 Å². The molecule has 0 amide bonds. The zero-order valence-corrected chi connectivity index (χ0v) is 13.2. The maximum absolute atomic E-state index is 12.5. The summed E-state index contributed by atoms with van der Waals surface area (Å²) in [5.41, 5.74) is -0.523. The number of hydrogen-bond acceptors (Lipinski definition) is 3. The molecule has 1 aliphatic rings. The molecule has 20 heavy (non-hydrogen) atoms. The van der Waals surface area contributed by atoms with Crippen molar-refractivity contribution < 1.29 is 14.3 Å². The smallest absolute Gasteiger partial charge is 0.345 e. The van der Waals surface area contributed by atoms with Crippen LogP contribution in [0.4, 0.5) is 0 Å². The Balaban J connectivity index is 2.43. The Hall–Kier alpha value is -1.06. The summed E-state index contributed by atoms with van der Waals surface area (Å²) in [5.74, 6) is -0.318. The van der Waals surface area contributed by atoms with Gasteiger partial charge in [-0.1, -0.05) is 57.8 Å². The molecule has 2 atom stereocenters. The van der Waals surface area contributed by atoms with E-state index in [1.165, 1.54) is 0 Å². The number of halogens is 1. The molecular weight excluding hydrogens is 276 g/mol. The second-order valence-corrected chi connectivity index (χ2v) is 6.74. The van der Waals surface area contributed by atoms with Crippen molar-refractivity contribution in [2.75, 3.05) is 0 Å². The third-order valence-electron chi connectivity index (χ3n) is 3.45. The quantitative estimate of drug-likeness (QED) is 0.781. The van der Waals surface area contributed by atoms with Gasteiger partial charge in [0.05, 0.1) is 0 Å². The first kappa shape index (κ1) is 15.3. The first-order valence-electron chi connectivity index (χ1n) is 6.94. The minimum atomic E-state index is -1.03. The zero-order valence-electron chi connectivity index (χ0n) is 12.4. The van der Waals surface area contributed by atoms with E-state index in [4.69, 9.17) is 21.1 Å². The largest absolute Gasteiger partial charge is 0.433 e. The average Bonchev–Trinajstić information content (AvgIpc) is 2.68. The third kappa shape index (κ3) is 2.70. The highest BCUT2D eigenvalue weighted by Gasteiger charge is 2.54. The van der Waals surface area contributed by atoms with Crippen LogP contribution in [0.25, 0.3) is 0 Å². The van der Waals surface area contributed by atoms with Crippen molar-refractivity contribution in [3.05, 3.63) is 34.9 Å². The molecule has 0 aliphatic carbocycles. The second-order valence-electron chi connectivity index (χ2n) is 6.31. The number of esters is 1. The van der Waals surface area contributed by atoms with Gasteiger partial charge in [0.1, 0.15) is 0 Å². The van der Waals surface area contributed by atoms with Crippen LogP contribution in [0.3, 0.4) is 0 Å². The molecule has 2 unspecified atom stereocenters. The second kappa shape index (κ2) is 5.38. The van der Waals surface area contributed by atoms with Crippen molar-refractivity contribution in [2.24, 2.45) is 5.41 Å². The maximum Gasteiger partial charge on any atom is 0.345 e. The van der Waals surface area contributed by atoms with Gasteiger partial charge in [-0.15, -0.1) is 0 Å². The summed E-state index contributed by atoms with van der Waals surface area (Å²) in [5, 5.41) is 0.591. The Kier molecular flexibility index (Phi) is 4.12. The van der Waals surface area contributed by atoms with Crippen LogP contribution in [0.15, 0.2) is 24.3 Å². The molecule has 1 heterocycles. The summed E-state index contributed by atoms with van der Waals surface area (Å²) >= 11 is 6.05. The molecular formula is C16H21ClO3. The molecule has 3 nitrogen and oxygen atoms in total. The van der Waals surface area contributed by atoms with Crippen molar-refractivity contribution in [3.63, 3.8) is 0 Å². The van der Waals surface area contributed by atoms with Gasteiger partial charge in [-0.2, -0.15) is 0 Å².